The number of aromatic nitrogens is 2. The molecule has 1 aliphatic carbocycles. The second-order valence-electron chi connectivity index (χ2n) is 19.5. The van der Waals surface area contributed by atoms with Crippen molar-refractivity contribution in [1.29, 1.82) is 0 Å². The number of nitrogens with zero attached hydrogens (tertiary/aromatic N) is 2. The van der Waals surface area contributed by atoms with Crippen molar-refractivity contribution in [2.24, 2.45) is 0 Å². The zero-order chi connectivity index (χ0) is 43.9. The van der Waals surface area contributed by atoms with E-state index in [9.17, 15) is 0 Å². The van der Waals surface area contributed by atoms with Gasteiger partial charge in [0.2, 0.25) is 0 Å². The molecule has 0 fully saturated rings. The van der Waals surface area contributed by atoms with Crippen molar-refractivity contribution in [3.63, 3.8) is 0 Å². The van der Waals surface area contributed by atoms with Crippen molar-refractivity contribution in [2.45, 2.75) is 51.4 Å². The highest BCUT2D eigenvalue weighted by molar-refractivity contribution is 7.19. The largest absolute Gasteiger partial charge is 0.309 e. The first-order chi connectivity index (χ1) is 31.7. The van der Waals surface area contributed by atoms with Gasteiger partial charge >= 0.3 is 0 Å². The van der Waals surface area contributed by atoms with Crippen molar-refractivity contribution < 1.29 is 0 Å². The van der Waals surface area contributed by atoms with E-state index in [-0.39, 0.29) is 10.8 Å². The highest BCUT2D eigenvalue weighted by Gasteiger charge is 2.44. The van der Waals surface area contributed by atoms with Crippen LogP contribution in [0.4, 0.5) is 0 Å². The Hall–Kier alpha value is -7.20. The van der Waals surface area contributed by atoms with Gasteiger partial charge in [-0.1, -0.05) is 198 Å². The van der Waals surface area contributed by atoms with Crippen molar-refractivity contribution in [3.05, 3.63) is 230 Å². The monoisotopic (exact) mass is 852 g/mol. The van der Waals surface area contributed by atoms with Crippen LogP contribution in [0.5, 0.6) is 0 Å². The van der Waals surface area contributed by atoms with Crippen LogP contribution in [-0.4, -0.2) is 17.2 Å². The van der Waals surface area contributed by atoms with Gasteiger partial charge in [0.15, 0.2) is 8.07 Å². The van der Waals surface area contributed by atoms with Crippen molar-refractivity contribution in [1.82, 2.24) is 9.13 Å². The van der Waals surface area contributed by atoms with E-state index in [0.717, 1.165) is 5.69 Å². The molecule has 2 heterocycles. The third-order valence-electron chi connectivity index (χ3n) is 15.0. The Kier molecular flexibility index (Phi) is 9.05. The Morgan fingerprint density at radius 3 is 1.51 bits per heavy atom. The van der Waals surface area contributed by atoms with Gasteiger partial charge in [-0.2, -0.15) is 0 Å². The minimum absolute atomic E-state index is 0.0987. The highest BCUT2D eigenvalue weighted by Crippen LogP contribution is 2.46. The third-order valence-corrected chi connectivity index (χ3v) is 19.7. The summed E-state index contributed by atoms with van der Waals surface area (Å²) in [4.78, 5) is 0. The predicted molar refractivity (Wildman–Crippen MR) is 279 cm³/mol. The molecular formula is C62H52N2Si. The quantitative estimate of drug-likeness (QED) is 0.112. The summed E-state index contributed by atoms with van der Waals surface area (Å²) in [6.07, 6.45) is 2.39. The number of hydrogen-bond donors (Lipinski definition) is 0. The average Bonchev–Trinajstić information content (AvgIpc) is 3.87. The third kappa shape index (κ3) is 6.06. The van der Waals surface area contributed by atoms with E-state index in [4.69, 9.17) is 0 Å². The van der Waals surface area contributed by atoms with Crippen molar-refractivity contribution >= 4 is 72.4 Å². The lowest BCUT2D eigenvalue weighted by atomic mass is 9.63. The second kappa shape index (κ2) is 14.9. The van der Waals surface area contributed by atoms with Crippen LogP contribution in [-0.2, 0) is 10.8 Å². The number of benzene rings is 9. The maximum Gasteiger partial charge on any atom is 0.179 e. The zero-order valence-electron chi connectivity index (χ0n) is 37.6. The summed E-state index contributed by atoms with van der Waals surface area (Å²) in [5.74, 6) is 0. The van der Waals surface area contributed by atoms with E-state index in [2.05, 4.69) is 255 Å². The number of para-hydroxylation sites is 4. The van der Waals surface area contributed by atoms with Crippen LogP contribution in [0.25, 0.3) is 66.1 Å². The SMILES string of the molecule is CC1(C)CCC(C)(C)c2cc([Si](c3ccccc3)(c3ccccc3)c3ccc(-n4c5ccccc5c5cc(-c6cccc7c8ccccc8n(-c8ccccc8)c67)ccc54)cc3)ccc21. The van der Waals surface area contributed by atoms with Crippen molar-refractivity contribution in [2.75, 3.05) is 0 Å². The molecule has 0 bridgehead atoms. The van der Waals surface area contributed by atoms with Gasteiger partial charge in [-0.3, -0.25) is 0 Å². The molecule has 0 saturated carbocycles. The van der Waals surface area contributed by atoms with E-state index in [1.165, 1.54) is 105 Å². The molecule has 0 saturated heterocycles. The predicted octanol–water partition coefficient (Wildman–Crippen LogP) is 13.3. The number of hydrogen-bond acceptors (Lipinski definition) is 0. The summed E-state index contributed by atoms with van der Waals surface area (Å²) in [6.45, 7) is 9.77. The lowest BCUT2D eigenvalue weighted by Gasteiger charge is -2.43. The van der Waals surface area contributed by atoms with Gasteiger partial charge in [-0.15, -0.1) is 0 Å². The summed E-state index contributed by atoms with van der Waals surface area (Å²) < 4.78 is 4.91. The van der Waals surface area contributed by atoms with E-state index in [1.54, 1.807) is 0 Å². The standard InChI is InChI=1S/C62H52N2Si/c1-61(2)39-40-62(3,4)56-42-49(36-37-55(56)61)65(46-21-10-6-11-22-46,47-23-12-7-13-24-47)48-34-32-45(33-35-48)63-57-29-16-15-26-52(57)54-41-43(31-38-59(54)63)50-27-18-28-53-51-25-14-17-30-58(51)64(60(50)53)44-19-8-5-9-20-44/h5-38,41-42H,39-40H2,1-4H3. The fourth-order valence-corrected chi connectivity index (χ4v) is 16.3. The molecule has 314 valence electrons. The van der Waals surface area contributed by atoms with E-state index in [0.29, 0.717) is 0 Å². The minimum Gasteiger partial charge on any atom is -0.309 e. The maximum absolute atomic E-state index is 2.80. The highest BCUT2D eigenvalue weighted by atomic mass is 28.3. The van der Waals surface area contributed by atoms with Crippen LogP contribution in [0, 0.1) is 0 Å². The van der Waals surface area contributed by atoms with Gasteiger partial charge in [0.1, 0.15) is 0 Å². The molecule has 2 aromatic heterocycles. The maximum atomic E-state index is 2.63. The van der Waals surface area contributed by atoms with Crippen LogP contribution >= 0.6 is 0 Å². The normalized spacial score (nSPS) is 14.6. The molecule has 12 rings (SSSR count). The van der Waals surface area contributed by atoms with E-state index >= 15 is 0 Å². The molecule has 0 atom stereocenters. The Labute approximate surface area is 383 Å². The molecule has 0 amide bonds. The van der Waals surface area contributed by atoms with Gasteiger partial charge in [-0.05, 0) is 110 Å². The van der Waals surface area contributed by atoms with Crippen LogP contribution in [0.15, 0.2) is 218 Å². The van der Waals surface area contributed by atoms with Gasteiger partial charge < -0.3 is 9.13 Å². The molecule has 1 aliphatic rings. The Morgan fingerprint density at radius 2 is 0.846 bits per heavy atom. The van der Waals surface area contributed by atoms with Gasteiger partial charge in [0.05, 0.1) is 22.1 Å². The topological polar surface area (TPSA) is 9.86 Å². The Morgan fingerprint density at radius 1 is 0.354 bits per heavy atom. The summed E-state index contributed by atoms with van der Waals surface area (Å²) in [7, 11) is -2.80. The molecule has 9 aromatic carbocycles. The van der Waals surface area contributed by atoms with Crippen LogP contribution < -0.4 is 20.7 Å². The first-order valence-corrected chi connectivity index (χ1v) is 25.2. The number of rotatable bonds is 7. The minimum atomic E-state index is -2.80. The molecule has 0 spiro atoms. The average molecular weight is 853 g/mol. The first-order valence-electron chi connectivity index (χ1n) is 23.2. The molecule has 0 N–H and O–H groups in total. The van der Waals surface area contributed by atoms with Gasteiger partial charge in [0.25, 0.3) is 0 Å². The summed E-state index contributed by atoms with van der Waals surface area (Å²) in [6, 6.07) is 82.4. The molecule has 0 aliphatic heterocycles. The molecule has 0 radical (unpaired) electrons. The van der Waals surface area contributed by atoms with Crippen molar-refractivity contribution in [3.8, 4) is 22.5 Å². The fourth-order valence-electron chi connectivity index (χ4n) is 11.6. The van der Waals surface area contributed by atoms with E-state index in [1.807, 2.05) is 0 Å². The smallest absolute Gasteiger partial charge is 0.179 e. The van der Waals surface area contributed by atoms with E-state index < -0.39 is 8.07 Å². The van der Waals surface area contributed by atoms with Crippen LogP contribution in [0.2, 0.25) is 0 Å². The molecule has 3 heteroatoms. The number of fused-ring (bicyclic) bond motifs is 7. The Balaban J connectivity index is 1.05. The Bertz CT molecular complexity index is 3540. The summed E-state index contributed by atoms with van der Waals surface area (Å²) in [5, 5.41) is 10.7. The lowest BCUT2D eigenvalue weighted by Crippen LogP contribution is -2.74. The lowest BCUT2D eigenvalue weighted by molar-refractivity contribution is 0.332. The first kappa shape index (κ1) is 39.4. The van der Waals surface area contributed by atoms with Crippen LogP contribution in [0.1, 0.15) is 51.7 Å². The fraction of sp³-hybridized carbons (Fsp3) is 0.129. The molecular weight excluding hydrogens is 801 g/mol. The molecule has 11 aromatic rings. The molecule has 65 heavy (non-hydrogen) atoms. The summed E-state index contributed by atoms with van der Waals surface area (Å²) >= 11 is 0. The molecule has 0 unspecified atom stereocenters. The zero-order valence-corrected chi connectivity index (χ0v) is 38.6. The molecule has 2 nitrogen and oxygen atoms in total. The second-order valence-corrected chi connectivity index (χ2v) is 23.3. The van der Waals surface area contributed by atoms with Gasteiger partial charge in [-0.25, -0.2) is 0 Å². The summed E-state index contributed by atoms with van der Waals surface area (Å²) in [5.41, 5.74) is 12.9. The van der Waals surface area contributed by atoms with Crippen LogP contribution in [0.3, 0.4) is 0 Å². The van der Waals surface area contributed by atoms with Gasteiger partial charge in [0, 0.05) is 38.5 Å².